The highest BCUT2D eigenvalue weighted by Crippen LogP contribution is 2.54. The summed E-state index contributed by atoms with van der Waals surface area (Å²) in [6.07, 6.45) is 4.38. The van der Waals surface area contributed by atoms with Crippen molar-refractivity contribution in [1.29, 1.82) is 0 Å². The maximum Gasteiger partial charge on any atom is 0.103 e. The van der Waals surface area contributed by atoms with E-state index in [1.54, 1.807) is 11.3 Å². The van der Waals surface area contributed by atoms with Crippen molar-refractivity contribution in [1.82, 2.24) is 0 Å². The third kappa shape index (κ3) is 2.93. The fraction of sp³-hybridized carbons (Fsp3) is 0.778. The summed E-state index contributed by atoms with van der Waals surface area (Å²) in [5.41, 5.74) is 6.73. The van der Waals surface area contributed by atoms with E-state index >= 15 is 0 Å². The molecule has 1 atom stereocenters. The monoisotopic (exact) mass is 309 g/mol. The number of hydrogen-bond donors (Lipinski definition) is 2. The second kappa shape index (κ2) is 5.68. The van der Waals surface area contributed by atoms with Crippen LogP contribution >= 0.6 is 11.3 Å². The molecule has 1 aromatic heterocycles. The highest BCUT2D eigenvalue weighted by Gasteiger charge is 2.50. The van der Waals surface area contributed by atoms with Crippen LogP contribution in [0.2, 0.25) is 0 Å². The van der Waals surface area contributed by atoms with Crippen molar-refractivity contribution in [3.8, 4) is 0 Å². The van der Waals surface area contributed by atoms with Crippen molar-refractivity contribution in [2.75, 3.05) is 6.54 Å². The largest absolute Gasteiger partial charge is 0.384 e. The minimum absolute atomic E-state index is 0.176. The first-order valence-electron chi connectivity index (χ1n) is 8.11. The molecule has 0 spiro atoms. The predicted molar refractivity (Wildman–Crippen MR) is 91.5 cm³/mol. The van der Waals surface area contributed by atoms with Gasteiger partial charge in [-0.3, -0.25) is 0 Å². The number of hydrogen-bond acceptors (Lipinski definition) is 3. The maximum absolute atomic E-state index is 11.4. The van der Waals surface area contributed by atoms with Crippen LogP contribution in [-0.2, 0) is 5.60 Å². The molecule has 0 bridgehead atoms. The molecular weight excluding hydrogens is 278 g/mol. The SMILES string of the molecule is Cc1ccsc1C(C)(O)C1(CN)CCC(C(C)(C)C)CC1. The van der Waals surface area contributed by atoms with Crippen LogP contribution in [0.1, 0.15) is 63.8 Å². The molecule has 21 heavy (non-hydrogen) atoms. The predicted octanol–water partition coefficient (Wildman–Crippen LogP) is 4.45. The molecule has 2 rings (SSSR count). The van der Waals surface area contributed by atoms with E-state index < -0.39 is 5.60 Å². The van der Waals surface area contributed by atoms with E-state index in [0.29, 0.717) is 12.0 Å². The van der Waals surface area contributed by atoms with E-state index in [2.05, 4.69) is 39.1 Å². The van der Waals surface area contributed by atoms with E-state index in [4.69, 9.17) is 5.73 Å². The van der Waals surface area contributed by atoms with E-state index in [1.165, 1.54) is 18.4 Å². The molecule has 1 unspecified atom stereocenters. The van der Waals surface area contributed by atoms with Gasteiger partial charge in [0.1, 0.15) is 5.60 Å². The summed E-state index contributed by atoms with van der Waals surface area (Å²) in [4.78, 5) is 1.10. The molecular formula is C18H31NOS. The summed E-state index contributed by atoms with van der Waals surface area (Å²) < 4.78 is 0. The summed E-state index contributed by atoms with van der Waals surface area (Å²) in [7, 11) is 0. The molecule has 3 heteroatoms. The molecule has 0 amide bonds. The summed E-state index contributed by atoms with van der Waals surface area (Å²) in [5.74, 6) is 0.734. The lowest BCUT2D eigenvalue weighted by Crippen LogP contribution is -2.51. The van der Waals surface area contributed by atoms with Crippen LogP contribution in [-0.4, -0.2) is 11.7 Å². The highest BCUT2D eigenvalue weighted by molar-refractivity contribution is 7.10. The minimum Gasteiger partial charge on any atom is -0.384 e. The summed E-state index contributed by atoms with van der Waals surface area (Å²) in [6, 6.07) is 2.10. The van der Waals surface area contributed by atoms with Gasteiger partial charge in [0.2, 0.25) is 0 Å². The fourth-order valence-electron chi connectivity index (χ4n) is 4.04. The van der Waals surface area contributed by atoms with E-state index in [1.807, 2.05) is 6.92 Å². The quantitative estimate of drug-likeness (QED) is 0.866. The second-order valence-corrected chi connectivity index (χ2v) is 9.05. The van der Waals surface area contributed by atoms with E-state index in [0.717, 1.165) is 23.6 Å². The van der Waals surface area contributed by atoms with Gasteiger partial charge in [0.05, 0.1) is 0 Å². The summed E-state index contributed by atoms with van der Waals surface area (Å²) in [5, 5.41) is 13.4. The molecule has 0 aromatic carbocycles. The Labute approximate surface area is 133 Å². The van der Waals surface area contributed by atoms with Crippen molar-refractivity contribution >= 4 is 11.3 Å². The second-order valence-electron chi connectivity index (χ2n) is 8.13. The van der Waals surface area contributed by atoms with Crippen molar-refractivity contribution in [3.63, 3.8) is 0 Å². The Kier molecular flexibility index (Phi) is 4.59. The van der Waals surface area contributed by atoms with Crippen LogP contribution < -0.4 is 5.73 Å². The van der Waals surface area contributed by atoms with Crippen LogP contribution in [0.15, 0.2) is 11.4 Å². The maximum atomic E-state index is 11.4. The zero-order valence-corrected chi connectivity index (χ0v) is 15.0. The van der Waals surface area contributed by atoms with Crippen molar-refractivity contribution in [2.45, 2.75) is 65.9 Å². The first-order valence-corrected chi connectivity index (χ1v) is 8.99. The number of aryl methyl sites for hydroxylation is 1. The Balaban J connectivity index is 2.26. The topological polar surface area (TPSA) is 46.2 Å². The van der Waals surface area contributed by atoms with Gasteiger partial charge in [-0.05, 0) is 67.9 Å². The molecule has 3 N–H and O–H groups in total. The van der Waals surface area contributed by atoms with Crippen LogP contribution in [0.5, 0.6) is 0 Å². The molecule has 1 aliphatic rings. The van der Waals surface area contributed by atoms with E-state index in [-0.39, 0.29) is 5.41 Å². The molecule has 2 nitrogen and oxygen atoms in total. The lowest BCUT2D eigenvalue weighted by atomic mass is 9.58. The van der Waals surface area contributed by atoms with Crippen LogP contribution in [0.25, 0.3) is 0 Å². The molecule has 1 fully saturated rings. The molecule has 0 radical (unpaired) electrons. The zero-order valence-electron chi connectivity index (χ0n) is 14.2. The standard InChI is InChI=1S/C18H31NOS/c1-13-8-11-21-15(13)17(5,20)18(12-19)9-6-14(7-10-18)16(2,3)4/h8,11,14,20H,6-7,9-10,12,19H2,1-5H3. The third-order valence-corrected chi connectivity index (χ3v) is 7.12. The van der Waals surface area contributed by atoms with Gasteiger partial charge in [0.15, 0.2) is 0 Å². The van der Waals surface area contributed by atoms with Gasteiger partial charge in [-0.15, -0.1) is 11.3 Å². The molecule has 1 aliphatic carbocycles. The van der Waals surface area contributed by atoms with Gasteiger partial charge in [-0.1, -0.05) is 20.8 Å². The Hall–Kier alpha value is -0.380. The Morgan fingerprint density at radius 1 is 1.29 bits per heavy atom. The Bertz CT molecular complexity index is 476. The first-order chi connectivity index (χ1) is 9.64. The highest BCUT2D eigenvalue weighted by atomic mass is 32.1. The smallest absolute Gasteiger partial charge is 0.103 e. The lowest BCUT2D eigenvalue weighted by Gasteiger charge is -2.50. The van der Waals surface area contributed by atoms with Gasteiger partial charge in [-0.2, -0.15) is 0 Å². The molecule has 1 heterocycles. The Morgan fingerprint density at radius 3 is 2.24 bits per heavy atom. The summed E-state index contributed by atoms with van der Waals surface area (Å²) in [6.45, 7) is 11.6. The number of thiophene rings is 1. The third-order valence-electron chi connectivity index (χ3n) is 5.90. The average molecular weight is 310 g/mol. The van der Waals surface area contributed by atoms with Crippen LogP contribution in [0.3, 0.4) is 0 Å². The van der Waals surface area contributed by atoms with Crippen LogP contribution in [0.4, 0.5) is 0 Å². The van der Waals surface area contributed by atoms with Gasteiger partial charge in [0, 0.05) is 16.8 Å². The first kappa shape index (κ1) is 17.0. The zero-order chi connectivity index (χ0) is 15.9. The minimum atomic E-state index is -0.817. The lowest BCUT2D eigenvalue weighted by molar-refractivity contribution is -0.102. The molecule has 120 valence electrons. The average Bonchev–Trinajstić information content (AvgIpc) is 2.84. The van der Waals surface area contributed by atoms with Crippen molar-refractivity contribution in [3.05, 3.63) is 21.9 Å². The van der Waals surface area contributed by atoms with Crippen molar-refractivity contribution in [2.24, 2.45) is 22.5 Å². The Morgan fingerprint density at radius 2 is 1.86 bits per heavy atom. The van der Waals surface area contributed by atoms with E-state index in [9.17, 15) is 5.11 Å². The fourth-order valence-corrected chi connectivity index (χ4v) is 5.15. The van der Waals surface area contributed by atoms with Gasteiger partial charge >= 0.3 is 0 Å². The number of rotatable bonds is 3. The normalized spacial score (nSPS) is 30.1. The van der Waals surface area contributed by atoms with Crippen molar-refractivity contribution < 1.29 is 5.11 Å². The molecule has 1 aromatic rings. The molecule has 1 saturated carbocycles. The van der Waals surface area contributed by atoms with Gasteiger partial charge in [-0.25, -0.2) is 0 Å². The molecule has 0 aliphatic heterocycles. The van der Waals surface area contributed by atoms with Gasteiger partial charge < -0.3 is 10.8 Å². The van der Waals surface area contributed by atoms with Crippen LogP contribution in [0, 0.1) is 23.7 Å². The molecule has 0 saturated heterocycles. The summed E-state index contributed by atoms with van der Waals surface area (Å²) >= 11 is 1.66. The number of aliphatic hydroxyl groups is 1. The van der Waals surface area contributed by atoms with Gasteiger partial charge in [0.25, 0.3) is 0 Å². The number of nitrogens with two attached hydrogens (primary N) is 1.